The second-order valence-corrected chi connectivity index (χ2v) is 7.10. The van der Waals surface area contributed by atoms with Gasteiger partial charge in [0.2, 0.25) is 5.91 Å². The van der Waals surface area contributed by atoms with Gasteiger partial charge in [-0.1, -0.05) is 29.5 Å². The van der Waals surface area contributed by atoms with Gasteiger partial charge in [0.15, 0.2) is 5.13 Å². The number of rotatable bonds is 4. The molecule has 1 amide bonds. The van der Waals surface area contributed by atoms with E-state index in [1.807, 2.05) is 43.3 Å². The maximum Gasteiger partial charge on any atom is 0.270 e. The number of hydrogen-bond donors (Lipinski definition) is 2. The summed E-state index contributed by atoms with van der Waals surface area (Å²) < 4.78 is 1.04. The minimum Gasteiger partial charge on any atom is -0.319 e. The van der Waals surface area contributed by atoms with Crippen LogP contribution in [0.25, 0.3) is 21.3 Å². The number of fused-ring (bicyclic) bond motifs is 2. The van der Waals surface area contributed by atoms with Gasteiger partial charge in [-0.05, 0) is 36.8 Å². The van der Waals surface area contributed by atoms with Crippen LogP contribution in [0.3, 0.4) is 0 Å². The highest BCUT2D eigenvalue weighted by atomic mass is 32.1. The molecule has 0 spiro atoms. The molecule has 4 aromatic rings. The summed E-state index contributed by atoms with van der Waals surface area (Å²) in [7, 11) is 0. The molecule has 0 aliphatic heterocycles. The van der Waals surface area contributed by atoms with E-state index >= 15 is 0 Å². The van der Waals surface area contributed by atoms with Crippen molar-refractivity contribution in [2.75, 3.05) is 5.32 Å². The Bertz CT molecular complexity index is 1180. The lowest BCUT2D eigenvalue weighted by Gasteiger charge is -2.03. The number of carbonyl (C=O) groups is 1. The number of amides is 1. The van der Waals surface area contributed by atoms with Gasteiger partial charge in [-0.2, -0.15) is 0 Å². The van der Waals surface area contributed by atoms with E-state index in [9.17, 15) is 9.59 Å². The highest BCUT2D eigenvalue weighted by Gasteiger charge is 2.11. The SMILES string of the molecule is Cc1ccc2nc(NC(=O)CCc3nc4ccccc4[nH]c3=O)sc2c1. The van der Waals surface area contributed by atoms with Gasteiger partial charge in [0.05, 0.1) is 21.3 Å². The molecule has 0 atom stereocenters. The minimum atomic E-state index is -0.257. The smallest absolute Gasteiger partial charge is 0.270 e. The molecule has 2 aromatic heterocycles. The Hall–Kier alpha value is -3.06. The first-order valence-electron chi connectivity index (χ1n) is 8.23. The number of aromatic nitrogens is 3. The number of carbonyl (C=O) groups excluding carboxylic acids is 1. The standard InChI is InChI=1S/C19H16N4O2S/c1-11-6-7-14-16(10-11)26-19(22-14)23-17(24)9-8-15-18(25)21-13-5-3-2-4-12(13)20-15/h2-7,10H,8-9H2,1H3,(H,21,25)(H,22,23,24). The lowest BCUT2D eigenvalue weighted by Crippen LogP contribution is -2.18. The number of aryl methyl sites for hydroxylation is 2. The van der Waals surface area contributed by atoms with Crippen molar-refractivity contribution < 1.29 is 4.79 Å². The summed E-state index contributed by atoms with van der Waals surface area (Å²) in [5, 5.41) is 3.37. The molecule has 0 radical (unpaired) electrons. The lowest BCUT2D eigenvalue weighted by atomic mass is 10.2. The molecule has 2 aromatic carbocycles. The lowest BCUT2D eigenvalue weighted by molar-refractivity contribution is -0.116. The summed E-state index contributed by atoms with van der Waals surface area (Å²) >= 11 is 1.44. The molecular weight excluding hydrogens is 348 g/mol. The van der Waals surface area contributed by atoms with E-state index in [2.05, 4.69) is 20.3 Å². The fraction of sp³-hybridized carbons (Fsp3) is 0.158. The maximum absolute atomic E-state index is 12.2. The van der Waals surface area contributed by atoms with Gasteiger partial charge in [0, 0.05) is 12.8 Å². The number of thiazole rings is 1. The van der Waals surface area contributed by atoms with Crippen molar-refractivity contribution in [2.24, 2.45) is 0 Å². The molecule has 0 saturated carbocycles. The monoisotopic (exact) mass is 364 g/mol. The van der Waals surface area contributed by atoms with Gasteiger partial charge in [0.25, 0.3) is 5.56 Å². The predicted octanol–water partition coefficient (Wildman–Crippen LogP) is 3.41. The second-order valence-electron chi connectivity index (χ2n) is 6.07. The van der Waals surface area contributed by atoms with E-state index in [1.165, 1.54) is 11.3 Å². The molecule has 0 aliphatic rings. The number of aromatic amines is 1. The van der Waals surface area contributed by atoms with E-state index in [4.69, 9.17) is 0 Å². The number of hydrogen-bond acceptors (Lipinski definition) is 5. The zero-order chi connectivity index (χ0) is 18.1. The number of benzene rings is 2. The number of H-pyrrole nitrogens is 1. The fourth-order valence-electron chi connectivity index (χ4n) is 2.74. The Morgan fingerprint density at radius 1 is 1.15 bits per heavy atom. The van der Waals surface area contributed by atoms with Gasteiger partial charge in [-0.3, -0.25) is 9.59 Å². The molecule has 0 bridgehead atoms. The Morgan fingerprint density at radius 3 is 2.88 bits per heavy atom. The average molecular weight is 364 g/mol. The van der Waals surface area contributed by atoms with E-state index in [0.717, 1.165) is 15.8 Å². The number of para-hydroxylation sites is 2. The number of nitrogens with one attached hydrogen (secondary N) is 2. The predicted molar refractivity (Wildman–Crippen MR) is 104 cm³/mol. The first-order valence-corrected chi connectivity index (χ1v) is 9.05. The van der Waals surface area contributed by atoms with Gasteiger partial charge in [-0.15, -0.1) is 0 Å². The highest BCUT2D eigenvalue weighted by Crippen LogP contribution is 2.26. The van der Waals surface area contributed by atoms with Gasteiger partial charge < -0.3 is 10.3 Å². The van der Waals surface area contributed by atoms with Crippen LogP contribution in [0.15, 0.2) is 47.3 Å². The summed E-state index contributed by atoms with van der Waals surface area (Å²) in [5.74, 6) is -0.185. The van der Waals surface area contributed by atoms with Crippen molar-refractivity contribution in [1.29, 1.82) is 0 Å². The van der Waals surface area contributed by atoms with Crippen LogP contribution in [0.5, 0.6) is 0 Å². The van der Waals surface area contributed by atoms with E-state index < -0.39 is 0 Å². The fourth-order valence-corrected chi connectivity index (χ4v) is 3.72. The topological polar surface area (TPSA) is 87.7 Å². The van der Waals surface area contributed by atoms with Gasteiger partial charge >= 0.3 is 0 Å². The molecule has 2 N–H and O–H groups in total. The van der Waals surface area contributed by atoms with Gasteiger partial charge in [-0.25, -0.2) is 9.97 Å². The van der Waals surface area contributed by atoms with Crippen LogP contribution in [0.4, 0.5) is 5.13 Å². The van der Waals surface area contributed by atoms with Crippen LogP contribution in [0.2, 0.25) is 0 Å². The third-order valence-corrected chi connectivity index (χ3v) is 4.98. The summed E-state index contributed by atoms with van der Waals surface area (Å²) in [4.78, 5) is 35.9. The van der Waals surface area contributed by atoms with Crippen LogP contribution in [-0.2, 0) is 11.2 Å². The van der Waals surface area contributed by atoms with Crippen LogP contribution < -0.4 is 10.9 Å². The molecule has 7 heteroatoms. The van der Waals surface area contributed by atoms with Crippen molar-refractivity contribution in [1.82, 2.24) is 15.0 Å². The van der Waals surface area contributed by atoms with Crippen molar-refractivity contribution in [3.63, 3.8) is 0 Å². The summed E-state index contributed by atoms with van der Waals surface area (Å²) in [6.45, 7) is 2.02. The van der Waals surface area contributed by atoms with Crippen LogP contribution in [0, 0.1) is 6.92 Å². The van der Waals surface area contributed by atoms with Crippen LogP contribution in [0.1, 0.15) is 17.7 Å². The summed E-state index contributed by atoms with van der Waals surface area (Å²) in [5.41, 5.74) is 3.52. The van der Waals surface area contributed by atoms with Crippen molar-refractivity contribution in [3.05, 3.63) is 64.1 Å². The molecule has 26 heavy (non-hydrogen) atoms. The molecule has 130 valence electrons. The Labute approximate surface area is 152 Å². The summed E-state index contributed by atoms with van der Waals surface area (Å²) in [6.07, 6.45) is 0.444. The summed E-state index contributed by atoms with van der Waals surface area (Å²) in [6, 6.07) is 13.3. The second kappa shape index (κ2) is 6.68. The highest BCUT2D eigenvalue weighted by molar-refractivity contribution is 7.22. The Balaban J connectivity index is 1.46. The van der Waals surface area contributed by atoms with Crippen molar-refractivity contribution in [3.8, 4) is 0 Å². The zero-order valence-electron chi connectivity index (χ0n) is 14.1. The molecule has 0 unspecified atom stereocenters. The maximum atomic E-state index is 12.2. The molecule has 4 rings (SSSR count). The first-order chi connectivity index (χ1) is 12.6. The largest absolute Gasteiger partial charge is 0.319 e. The van der Waals surface area contributed by atoms with E-state index in [-0.39, 0.29) is 24.3 Å². The van der Waals surface area contributed by atoms with Crippen LogP contribution >= 0.6 is 11.3 Å². The molecule has 6 nitrogen and oxygen atoms in total. The first kappa shape index (κ1) is 16.4. The third kappa shape index (κ3) is 3.34. The Kier molecular flexibility index (Phi) is 4.22. The normalized spacial score (nSPS) is 11.1. The average Bonchev–Trinajstić information content (AvgIpc) is 3.01. The van der Waals surface area contributed by atoms with E-state index in [1.54, 1.807) is 6.07 Å². The molecule has 0 fully saturated rings. The molecule has 0 aliphatic carbocycles. The molecule has 2 heterocycles. The Morgan fingerprint density at radius 2 is 2.00 bits per heavy atom. The van der Waals surface area contributed by atoms with E-state index in [0.29, 0.717) is 21.9 Å². The van der Waals surface area contributed by atoms with Crippen molar-refractivity contribution >= 4 is 43.6 Å². The quantitative estimate of drug-likeness (QED) is 0.581. The zero-order valence-corrected chi connectivity index (χ0v) is 14.9. The number of anilines is 1. The number of nitrogens with zero attached hydrogens (tertiary/aromatic N) is 2. The van der Waals surface area contributed by atoms with Crippen LogP contribution in [-0.4, -0.2) is 20.9 Å². The van der Waals surface area contributed by atoms with Crippen molar-refractivity contribution in [2.45, 2.75) is 19.8 Å². The molecular formula is C19H16N4O2S. The minimum absolute atomic E-state index is 0.170. The third-order valence-electron chi connectivity index (χ3n) is 4.05. The van der Waals surface area contributed by atoms with Gasteiger partial charge in [0.1, 0.15) is 5.69 Å². The molecule has 0 saturated heterocycles.